The Labute approximate surface area is 118 Å². The van der Waals surface area contributed by atoms with Crippen LogP contribution in [0.5, 0.6) is 5.75 Å². The molecule has 0 spiro atoms. The van der Waals surface area contributed by atoms with Gasteiger partial charge < -0.3 is 20.3 Å². The first kappa shape index (κ1) is 14.2. The van der Waals surface area contributed by atoms with E-state index in [9.17, 15) is 9.59 Å². The van der Waals surface area contributed by atoms with Crippen LogP contribution in [0.15, 0.2) is 18.2 Å². The number of methoxy groups -OCH3 is 1. The maximum Gasteiger partial charge on any atom is 0.312 e. The van der Waals surface area contributed by atoms with E-state index in [1.54, 1.807) is 29.0 Å². The molecule has 0 radical (unpaired) electrons. The first-order valence-electron chi connectivity index (χ1n) is 6.57. The first-order valence-corrected chi connectivity index (χ1v) is 6.57. The smallest absolute Gasteiger partial charge is 0.312 e. The van der Waals surface area contributed by atoms with Crippen molar-refractivity contribution in [2.24, 2.45) is 0 Å². The lowest BCUT2D eigenvalue weighted by molar-refractivity contribution is -0.156. The predicted molar refractivity (Wildman–Crippen MR) is 75.1 cm³/mol. The normalized spacial score (nSPS) is 15.7. The quantitative estimate of drug-likeness (QED) is 0.641. The number of piperazine rings is 1. The van der Waals surface area contributed by atoms with Gasteiger partial charge in [-0.1, -0.05) is 6.07 Å². The number of benzene rings is 1. The Morgan fingerprint density at radius 2 is 1.85 bits per heavy atom. The number of nitrogens with two attached hydrogens (primary N) is 1. The van der Waals surface area contributed by atoms with Gasteiger partial charge in [0.1, 0.15) is 5.75 Å². The summed E-state index contributed by atoms with van der Waals surface area (Å²) in [6, 6.07) is 5.38. The van der Waals surface area contributed by atoms with Gasteiger partial charge in [-0.2, -0.15) is 0 Å². The Kier molecular flexibility index (Phi) is 4.12. The van der Waals surface area contributed by atoms with Crippen molar-refractivity contribution in [2.75, 3.05) is 32.5 Å². The average molecular weight is 277 g/mol. The molecule has 0 atom stereocenters. The molecule has 1 aliphatic rings. The fourth-order valence-corrected chi connectivity index (χ4v) is 2.27. The molecule has 0 saturated carbocycles. The molecule has 1 heterocycles. The topological polar surface area (TPSA) is 75.9 Å². The van der Waals surface area contributed by atoms with E-state index >= 15 is 0 Å². The van der Waals surface area contributed by atoms with Crippen LogP contribution in [0.3, 0.4) is 0 Å². The Morgan fingerprint density at radius 3 is 2.45 bits per heavy atom. The lowest BCUT2D eigenvalue weighted by Crippen LogP contribution is -2.53. The Morgan fingerprint density at radius 1 is 1.20 bits per heavy atom. The molecule has 6 nitrogen and oxygen atoms in total. The number of likely N-dealkylation sites (N-methyl/N-ethyl adjacent to an activating group) is 1. The van der Waals surface area contributed by atoms with Gasteiger partial charge >= 0.3 is 11.8 Å². The Balaban J connectivity index is 2.09. The summed E-state index contributed by atoms with van der Waals surface area (Å²) in [4.78, 5) is 26.9. The molecule has 1 saturated heterocycles. The van der Waals surface area contributed by atoms with Crippen LogP contribution in [0.25, 0.3) is 0 Å². The van der Waals surface area contributed by atoms with E-state index in [0.717, 1.165) is 5.56 Å². The fraction of sp³-hybridized carbons (Fsp3) is 0.429. The third-order valence-electron chi connectivity index (χ3n) is 3.45. The summed E-state index contributed by atoms with van der Waals surface area (Å²) in [6.45, 7) is 3.94. The zero-order valence-corrected chi connectivity index (χ0v) is 11.8. The summed E-state index contributed by atoms with van der Waals surface area (Å²) >= 11 is 0. The largest absolute Gasteiger partial charge is 0.495 e. The SMILES string of the molecule is CCN1CCN(Cc2ccc(OC)c(N)c2)C(=O)C1=O. The minimum Gasteiger partial charge on any atom is -0.495 e. The molecule has 0 bridgehead atoms. The number of hydrogen-bond acceptors (Lipinski definition) is 4. The van der Waals surface area contributed by atoms with Gasteiger partial charge in [-0.15, -0.1) is 0 Å². The highest BCUT2D eigenvalue weighted by molar-refractivity contribution is 6.35. The van der Waals surface area contributed by atoms with Gasteiger partial charge in [-0.25, -0.2) is 0 Å². The second kappa shape index (κ2) is 5.81. The summed E-state index contributed by atoms with van der Waals surface area (Å²) in [5.74, 6) is -0.278. The molecule has 2 N–H and O–H groups in total. The van der Waals surface area contributed by atoms with Crippen molar-refractivity contribution in [1.29, 1.82) is 0 Å². The van der Waals surface area contributed by atoms with Crippen molar-refractivity contribution in [3.63, 3.8) is 0 Å². The van der Waals surface area contributed by atoms with E-state index in [-0.39, 0.29) is 0 Å². The monoisotopic (exact) mass is 277 g/mol. The molecule has 0 aliphatic carbocycles. The van der Waals surface area contributed by atoms with Crippen LogP contribution < -0.4 is 10.5 Å². The van der Waals surface area contributed by atoms with Crippen LogP contribution in [0.4, 0.5) is 5.69 Å². The number of amides is 2. The molecule has 1 aromatic carbocycles. The fourth-order valence-electron chi connectivity index (χ4n) is 2.27. The Bertz CT molecular complexity index is 530. The average Bonchev–Trinajstić information content (AvgIpc) is 2.44. The van der Waals surface area contributed by atoms with Crippen LogP contribution in [-0.4, -0.2) is 48.4 Å². The molecule has 108 valence electrons. The van der Waals surface area contributed by atoms with E-state index < -0.39 is 11.8 Å². The van der Waals surface area contributed by atoms with Crippen LogP contribution in [0.1, 0.15) is 12.5 Å². The summed E-state index contributed by atoms with van der Waals surface area (Å²) < 4.78 is 5.09. The molecular formula is C14H19N3O3. The highest BCUT2D eigenvalue weighted by atomic mass is 16.5. The number of rotatable bonds is 4. The third kappa shape index (κ3) is 2.68. The molecule has 20 heavy (non-hydrogen) atoms. The van der Waals surface area contributed by atoms with Crippen LogP contribution in [0.2, 0.25) is 0 Å². The summed E-state index contributed by atoms with van der Waals surface area (Å²) in [7, 11) is 1.55. The lowest BCUT2D eigenvalue weighted by atomic mass is 10.1. The van der Waals surface area contributed by atoms with Crippen LogP contribution in [0, 0.1) is 0 Å². The van der Waals surface area contributed by atoms with Crippen molar-refractivity contribution >= 4 is 17.5 Å². The van der Waals surface area contributed by atoms with Crippen LogP contribution in [-0.2, 0) is 16.1 Å². The van der Waals surface area contributed by atoms with Crippen molar-refractivity contribution in [3.05, 3.63) is 23.8 Å². The van der Waals surface area contributed by atoms with Crippen molar-refractivity contribution in [2.45, 2.75) is 13.5 Å². The molecule has 1 aromatic rings. The second-order valence-electron chi connectivity index (χ2n) is 4.69. The molecule has 0 aromatic heterocycles. The van der Waals surface area contributed by atoms with E-state index in [4.69, 9.17) is 10.5 Å². The van der Waals surface area contributed by atoms with Gasteiger partial charge in [-0.05, 0) is 24.6 Å². The molecular weight excluding hydrogens is 258 g/mol. The number of nitrogen functional groups attached to an aromatic ring is 1. The molecule has 2 amide bonds. The first-order chi connectivity index (χ1) is 9.56. The third-order valence-corrected chi connectivity index (χ3v) is 3.45. The minimum absolute atomic E-state index is 0.385. The summed E-state index contributed by atoms with van der Waals surface area (Å²) in [5.41, 5.74) is 7.25. The van der Waals surface area contributed by atoms with Crippen molar-refractivity contribution in [3.8, 4) is 5.75 Å². The zero-order chi connectivity index (χ0) is 14.7. The summed E-state index contributed by atoms with van der Waals surface area (Å²) in [5, 5.41) is 0. The van der Waals surface area contributed by atoms with E-state index in [1.165, 1.54) is 0 Å². The number of ether oxygens (including phenoxy) is 1. The molecule has 0 unspecified atom stereocenters. The van der Waals surface area contributed by atoms with Gasteiger partial charge in [0.15, 0.2) is 0 Å². The van der Waals surface area contributed by atoms with E-state index in [1.807, 2.05) is 13.0 Å². The second-order valence-corrected chi connectivity index (χ2v) is 4.69. The number of anilines is 1. The highest BCUT2D eigenvalue weighted by Gasteiger charge is 2.31. The maximum absolute atomic E-state index is 12.0. The standard InChI is InChI=1S/C14H19N3O3/c1-3-16-6-7-17(14(19)13(16)18)9-10-4-5-12(20-2)11(15)8-10/h4-5,8H,3,6-7,9,15H2,1-2H3. The molecule has 1 fully saturated rings. The molecule has 2 rings (SSSR count). The van der Waals surface area contributed by atoms with Gasteiger partial charge in [0.2, 0.25) is 0 Å². The molecule has 1 aliphatic heterocycles. The molecule has 6 heteroatoms. The number of hydrogen-bond donors (Lipinski definition) is 1. The lowest BCUT2D eigenvalue weighted by Gasteiger charge is -2.33. The number of carbonyl (C=O) groups excluding carboxylic acids is 2. The van der Waals surface area contributed by atoms with Gasteiger partial charge in [0.05, 0.1) is 12.8 Å². The van der Waals surface area contributed by atoms with Crippen molar-refractivity contribution in [1.82, 2.24) is 9.80 Å². The van der Waals surface area contributed by atoms with E-state index in [0.29, 0.717) is 37.6 Å². The minimum atomic E-state index is -0.451. The van der Waals surface area contributed by atoms with E-state index in [2.05, 4.69) is 0 Å². The van der Waals surface area contributed by atoms with Crippen molar-refractivity contribution < 1.29 is 14.3 Å². The number of nitrogens with zero attached hydrogens (tertiary/aromatic N) is 2. The highest BCUT2D eigenvalue weighted by Crippen LogP contribution is 2.23. The predicted octanol–water partition coefficient (Wildman–Crippen LogP) is 0.468. The van der Waals surface area contributed by atoms with Gasteiger partial charge in [0.25, 0.3) is 0 Å². The summed E-state index contributed by atoms with van der Waals surface area (Å²) in [6.07, 6.45) is 0. The van der Waals surface area contributed by atoms with Gasteiger partial charge in [0, 0.05) is 26.2 Å². The Hall–Kier alpha value is -2.24. The number of carbonyl (C=O) groups is 2. The van der Waals surface area contributed by atoms with Gasteiger partial charge in [-0.3, -0.25) is 9.59 Å². The zero-order valence-electron chi connectivity index (χ0n) is 11.8. The van der Waals surface area contributed by atoms with Crippen LogP contribution >= 0.6 is 0 Å². The maximum atomic E-state index is 12.0.